The van der Waals surface area contributed by atoms with E-state index < -0.39 is 0 Å². The van der Waals surface area contributed by atoms with Crippen LogP contribution in [0, 0.1) is 0 Å². The molecule has 1 aromatic rings. The van der Waals surface area contributed by atoms with Crippen LogP contribution in [-0.4, -0.2) is 65.7 Å². The molecule has 3 amide bonds. The van der Waals surface area contributed by atoms with Gasteiger partial charge in [-0.05, 0) is 18.4 Å². The van der Waals surface area contributed by atoms with Gasteiger partial charge in [-0.15, -0.1) is 11.8 Å². The van der Waals surface area contributed by atoms with Crippen molar-refractivity contribution in [1.29, 1.82) is 0 Å². The molecule has 2 saturated heterocycles. The second-order valence-corrected chi connectivity index (χ2v) is 7.74. The van der Waals surface area contributed by atoms with E-state index in [1.807, 2.05) is 40.1 Å². The molecule has 25 heavy (non-hydrogen) atoms. The summed E-state index contributed by atoms with van der Waals surface area (Å²) in [6, 6.07) is 9.87. The van der Waals surface area contributed by atoms with Gasteiger partial charge in [0.1, 0.15) is 0 Å². The number of nitrogens with zero attached hydrogens (tertiary/aromatic N) is 2. The molecule has 2 fully saturated rings. The molecule has 0 aliphatic carbocycles. The lowest BCUT2D eigenvalue weighted by molar-refractivity contribution is -0.131. The maximum atomic E-state index is 12.4. The molecule has 2 aliphatic heterocycles. The molecular formula is C18H25N3O3S. The van der Waals surface area contributed by atoms with Crippen LogP contribution in [0.2, 0.25) is 0 Å². The number of carbonyl (C=O) groups is 2. The summed E-state index contributed by atoms with van der Waals surface area (Å²) in [5.74, 6) is 0.716. The fraction of sp³-hybridized carbons (Fsp3) is 0.556. The first-order chi connectivity index (χ1) is 12.1. The van der Waals surface area contributed by atoms with Gasteiger partial charge in [-0.1, -0.05) is 30.3 Å². The van der Waals surface area contributed by atoms with Gasteiger partial charge in [-0.2, -0.15) is 0 Å². The third-order valence-corrected chi connectivity index (χ3v) is 6.45. The average molecular weight is 363 g/mol. The molecule has 1 aromatic carbocycles. The van der Waals surface area contributed by atoms with Crippen LogP contribution < -0.4 is 5.32 Å². The number of nitrogens with one attached hydrogen (secondary N) is 1. The van der Waals surface area contributed by atoms with Gasteiger partial charge in [0.25, 0.3) is 0 Å². The van der Waals surface area contributed by atoms with Crippen molar-refractivity contribution < 1.29 is 14.3 Å². The van der Waals surface area contributed by atoms with Crippen LogP contribution in [0.25, 0.3) is 0 Å². The third kappa shape index (κ3) is 4.10. The molecule has 1 N–H and O–H groups in total. The molecule has 0 unspecified atom stereocenters. The summed E-state index contributed by atoms with van der Waals surface area (Å²) in [4.78, 5) is 28.2. The zero-order valence-electron chi connectivity index (χ0n) is 14.6. The summed E-state index contributed by atoms with van der Waals surface area (Å²) in [5.41, 5.74) is 1.09. The van der Waals surface area contributed by atoms with Crippen molar-refractivity contribution in [2.24, 2.45) is 0 Å². The Morgan fingerprint density at radius 2 is 2.00 bits per heavy atom. The van der Waals surface area contributed by atoms with Crippen LogP contribution in [0.3, 0.4) is 0 Å². The van der Waals surface area contributed by atoms with Crippen LogP contribution in [0.15, 0.2) is 30.3 Å². The first kappa shape index (κ1) is 18.1. The minimum absolute atomic E-state index is 0.0310. The Bertz CT molecular complexity index is 603. The van der Waals surface area contributed by atoms with E-state index in [9.17, 15) is 9.59 Å². The molecule has 136 valence electrons. The monoisotopic (exact) mass is 363 g/mol. The lowest BCUT2D eigenvalue weighted by Gasteiger charge is -2.43. The summed E-state index contributed by atoms with van der Waals surface area (Å²) in [6.45, 7) is 3.06. The van der Waals surface area contributed by atoms with Crippen LogP contribution in [0.5, 0.6) is 0 Å². The van der Waals surface area contributed by atoms with Gasteiger partial charge < -0.3 is 19.9 Å². The smallest absolute Gasteiger partial charge is 0.317 e. The summed E-state index contributed by atoms with van der Waals surface area (Å²) in [6.07, 6.45) is 1.62. The normalized spacial score (nSPS) is 19.5. The van der Waals surface area contributed by atoms with E-state index >= 15 is 0 Å². The number of methoxy groups -OCH3 is 1. The Morgan fingerprint density at radius 3 is 2.68 bits per heavy atom. The molecule has 0 aromatic heterocycles. The minimum Gasteiger partial charge on any atom is -0.383 e. The van der Waals surface area contributed by atoms with Crippen molar-refractivity contribution >= 4 is 23.7 Å². The zero-order valence-corrected chi connectivity index (χ0v) is 15.4. The third-order valence-electron chi connectivity index (χ3n) is 4.89. The summed E-state index contributed by atoms with van der Waals surface area (Å²) >= 11 is 1.72. The van der Waals surface area contributed by atoms with Gasteiger partial charge in [0.2, 0.25) is 5.91 Å². The van der Waals surface area contributed by atoms with E-state index in [0.29, 0.717) is 38.5 Å². The Kier molecular flexibility index (Phi) is 5.86. The van der Waals surface area contributed by atoms with Gasteiger partial charge in [0.05, 0.1) is 17.2 Å². The SMILES string of the molecule is COCCN1C(=O)CSC12CCN(C(=O)NCc1ccccc1)CC2. The van der Waals surface area contributed by atoms with Crippen LogP contribution in [0.4, 0.5) is 4.79 Å². The molecule has 2 heterocycles. The maximum Gasteiger partial charge on any atom is 0.317 e. The van der Waals surface area contributed by atoms with Crippen molar-refractivity contribution in [2.45, 2.75) is 24.3 Å². The molecule has 1 spiro atoms. The van der Waals surface area contributed by atoms with Gasteiger partial charge in [-0.25, -0.2) is 4.79 Å². The molecule has 6 nitrogen and oxygen atoms in total. The average Bonchev–Trinajstić information content (AvgIpc) is 2.95. The predicted octanol–water partition coefficient (Wildman–Crippen LogP) is 1.91. The van der Waals surface area contributed by atoms with Crippen LogP contribution >= 0.6 is 11.8 Å². The van der Waals surface area contributed by atoms with E-state index in [1.54, 1.807) is 18.9 Å². The lowest BCUT2D eigenvalue weighted by Crippen LogP contribution is -2.55. The number of rotatable bonds is 5. The van der Waals surface area contributed by atoms with E-state index in [4.69, 9.17) is 4.74 Å². The summed E-state index contributed by atoms with van der Waals surface area (Å²) in [7, 11) is 1.65. The topological polar surface area (TPSA) is 61.9 Å². The van der Waals surface area contributed by atoms with Crippen LogP contribution in [-0.2, 0) is 16.1 Å². The maximum absolute atomic E-state index is 12.4. The highest BCUT2D eigenvalue weighted by Gasteiger charge is 2.47. The molecular weight excluding hydrogens is 338 g/mol. The molecule has 7 heteroatoms. The second-order valence-electron chi connectivity index (χ2n) is 6.40. The van der Waals surface area contributed by atoms with Gasteiger partial charge in [0.15, 0.2) is 0 Å². The quantitative estimate of drug-likeness (QED) is 0.868. The van der Waals surface area contributed by atoms with E-state index in [0.717, 1.165) is 18.4 Å². The standard InChI is InChI=1S/C18H25N3O3S/c1-24-12-11-21-16(22)14-25-18(21)7-9-20(10-8-18)17(23)19-13-15-5-3-2-4-6-15/h2-6H,7-14H2,1H3,(H,19,23). The highest BCUT2D eigenvalue weighted by molar-refractivity contribution is 8.01. The molecule has 2 aliphatic rings. The van der Waals surface area contributed by atoms with Gasteiger partial charge in [0, 0.05) is 33.3 Å². The lowest BCUT2D eigenvalue weighted by atomic mass is 10.0. The van der Waals surface area contributed by atoms with Crippen LogP contribution in [0.1, 0.15) is 18.4 Å². The number of carbonyl (C=O) groups excluding carboxylic acids is 2. The highest BCUT2D eigenvalue weighted by Crippen LogP contribution is 2.44. The summed E-state index contributed by atoms with van der Waals surface area (Å²) < 4.78 is 5.14. The van der Waals surface area contributed by atoms with Gasteiger partial charge in [-0.3, -0.25) is 4.79 Å². The number of thioether (sulfide) groups is 1. The Hall–Kier alpha value is -1.73. The van der Waals surface area contributed by atoms with Crippen molar-refractivity contribution in [3.63, 3.8) is 0 Å². The fourth-order valence-electron chi connectivity index (χ4n) is 3.45. The minimum atomic E-state index is -0.161. The largest absolute Gasteiger partial charge is 0.383 e. The molecule has 3 rings (SSSR count). The molecule has 0 saturated carbocycles. The van der Waals surface area contributed by atoms with E-state index in [2.05, 4.69) is 5.32 Å². The van der Waals surface area contributed by atoms with E-state index in [1.165, 1.54) is 0 Å². The second kappa shape index (κ2) is 8.10. The molecule has 0 radical (unpaired) electrons. The van der Waals surface area contributed by atoms with Crippen molar-refractivity contribution in [1.82, 2.24) is 15.1 Å². The number of piperidine rings is 1. The first-order valence-electron chi connectivity index (χ1n) is 8.65. The molecule has 0 atom stereocenters. The fourth-order valence-corrected chi connectivity index (χ4v) is 4.82. The number of hydrogen-bond acceptors (Lipinski definition) is 4. The summed E-state index contributed by atoms with van der Waals surface area (Å²) in [5, 5.41) is 2.98. The highest BCUT2D eigenvalue weighted by atomic mass is 32.2. The zero-order chi connectivity index (χ0) is 17.7. The predicted molar refractivity (Wildman–Crippen MR) is 98.3 cm³/mol. The van der Waals surface area contributed by atoms with E-state index in [-0.39, 0.29) is 16.8 Å². The number of urea groups is 1. The first-order valence-corrected chi connectivity index (χ1v) is 9.63. The number of hydrogen-bond donors (Lipinski definition) is 1. The molecule has 0 bridgehead atoms. The number of benzene rings is 1. The Labute approximate surface area is 152 Å². The van der Waals surface area contributed by atoms with Crippen molar-refractivity contribution in [3.8, 4) is 0 Å². The van der Waals surface area contributed by atoms with Crippen molar-refractivity contribution in [3.05, 3.63) is 35.9 Å². The Morgan fingerprint density at radius 1 is 1.28 bits per heavy atom. The number of likely N-dealkylation sites (tertiary alicyclic amines) is 1. The number of amides is 3. The van der Waals surface area contributed by atoms with Crippen molar-refractivity contribution in [2.75, 3.05) is 39.1 Å². The number of ether oxygens (including phenoxy) is 1. The Balaban J connectivity index is 1.52. The van der Waals surface area contributed by atoms with Gasteiger partial charge >= 0.3 is 6.03 Å².